The molecular weight excluding hydrogens is 174 g/mol. The van der Waals surface area contributed by atoms with E-state index in [1.54, 1.807) is 7.11 Å². The molecule has 78 valence electrons. The van der Waals surface area contributed by atoms with Gasteiger partial charge in [-0.2, -0.15) is 0 Å². The predicted octanol–water partition coefficient (Wildman–Crippen LogP) is 2.61. The monoisotopic (exact) mass is 193 g/mol. The van der Waals surface area contributed by atoms with Crippen molar-refractivity contribution in [2.24, 2.45) is 10.9 Å². The van der Waals surface area contributed by atoms with Crippen LogP contribution < -0.4 is 0 Å². The third kappa shape index (κ3) is 3.88. The molecule has 1 aliphatic rings. The molecule has 0 N–H and O–H groups in total. The first-order valence-electron chi connectivity index (χ1n) is 5.13. The average molecular weight is 193 g/mol. The molecular formula is C12H19NO. The number of methoxy groups -OCH3 is 1. The van der Waals surface area contributed by atoms with Crippen LogP contribution in [0.4, 0.5) is 0 Å². The van der Waals surface area contributed by atoms with E-state index in [9.17, 15) is 0 Å². The normalized spacial score (nSPS) is 22.0. The summed E-state index contributed by atoms with van der Waals surface area (Å²) >= 11 is 0. The first-order chi connectivity index (χ1) is 6.72. The maximum Gasteiger partial charge on any atom is 0.0790 e. The van der Waals surface area contributed by atoms with E-state index in [-0.39, 0.29) is 6.10 Å². The Morgan fingerprint density at radius 1 is 1.64 bits per heavy atom. The van der Waals surface area contributed by atoms with E-state index in [1.165, 1.54) is 5.57 Å². The Balaban J connectivity index is 2.38. The minimum Gasteiger partial charge on any atom is -0.377 e. The van der Waals surface area contributed by atoms with E-state index in [0.717, 1.165) is 13.0 Å². The molecule has 0 spiro atoms. The van der Waals surface area contributed by atoms with Crippen molar-refractivity contribution in [1.29, 1.82) is 0 Å². The minimum absolute atomic E-state index is 0.247. The lowest BCUT2D eigenvalue weighted by Crippen LogP contribution is -2.08. The highest BCUT2D eigenvalue weighted by Crippen LogP contribution is 2.11. The Kier molecular flexibility index (Phi) is 4.60. The van der Waals surface area contributed by atoms with Gasteiger partial charge in [0.25, 0.3) is 0 Å². The molecule has 0 aliphatic heterocycles. The highest BCUT2D eigenvalue weighted by atomic mass is 16.5. The van der Waals surface area contributed by atoms with Crippen LogP contribution in [0.1, 0.15) is 20.3 Å². The summed E-state index contributed by atoms with van der Waals surface area (Å²) in [4.78, 5) is 4.36. The van der Waals surface area contributed by atoms with Gasteiger partial charge in [-0.25, -0.2) is 0 Å². The molecule has 0 aromatic heterocycles. The maximum absolute atomic E-state index is 5.21. The minimum atomic E-state index is 0.247. The molecule has 1 unspecified atom stereocenters. The van der Waals surface area contributed by atoms with E-state index in [4.69, 9.17) is 4.74 Å². The highest BCUT2D eigenvalue weighted by Gasteiger charge is 2.05. The van der Waals surface area contributed by atoms with Crippen molar-refractivity contribution in [2.75, 3.05) is 13.7 Å². The van der Waals surface area contributed by atoms with Crippen LogP contribution in [0.3, 0.4) is 0 Å². The standard InChI is InChI=1S/C12H19NO/c1-10(2)8-13-9-11-4-6-12(14-3)7-5-11/h4-6,9-10,12H,7-8H2,1-3H3/b13-9+. The zero-order valence-corrected chi connectivity index (χ0v) is 9.23. The Morgan fingerprint density at radius 3 is 2.93 bits per heavy atom. The molecule has 2 heteroatoms. The lowest BCUT2D eigenvalue weighted by molar-refractivity contribution is 0.142. The fourth-order valence-corrected chi connectivity index (χ4v) is 1.26. The first-order valence-corrected chi connectivity index (χ1v) is 5.13. The summed E-state index contributed by atoms with van der Waals surface area (Å²) in [6.45, 7) is 5.24. The Labute approximate surface area is 86.4 Å². The smallest absolute Gasteiger partial charge is 0.0790 e. The SMILES string of the molecule is COC1C=CC(/C=N/CC(C)C)=CC1. The van der Waals surface area contributed by atoms with Crippen molar-refractivity contribution in [3.8, 4) is 0 Å². The van der Waals surface area contributed by atoms with Gasteiger partial charge in [0.15, 0.2) is 0 Å². The van der Waals surface area contributed by atoms with Gasteiger partial charge in [-0.1, -0.05) is 32.1 Å². The fourth-order valence-electron chi connectivity index (χ4n) is 1.26. The van der Waals surface area contributed by atoms with Crippen LogP contribution in [0.5, 0.6) is 0 Å². The third-order valence-electron chi connectivity index (χ3n) is 2.10. The van der Waals surface area contributed by atoms with Crippen LogP contribution in [0, 0.1) is 5.92 Å². The van der Waals surface area contributed by atoms with Crippen molar-refractivity contribution in [1.82, 2.24) is 0 Å². The molecule has 0 saturated carbocycles. The summed E-state index contributed by atoms with van der Waals surface area (Å²) in [5, 5.41) is 0. The summed E-state index contributed by atoms with van der Waals surface area (Å²) in [6, 6.07) is 0. The van der Waals surface area contributed by atoms with Gasteiger partial charge in [0.05, 0.1) is 6.10 Å². The zero-order valence-electron chi connectivity index (χ0n) is 9.23. The second kappa shape index (κ2) is 5.76. The van der Waals surface area contributed by atoms with E-state index < -0.39 is 0 Å². The number of hydrogen-bond donors (Lipinski definition) is 0. The molecule has 0 bridgehead atoms. The van der Waals surface area contributed by atoms with Crippen molar-refractivity contribution in [2.45, 2.75) is 26.4 Å². The number of allylic oxidation sites excluding steroid dienone is 2. The molecule has 0 saturated heterocycles. The van der Waals surface area contributed by atoms with E-state index in [0.29, 0.717) is 5.92 Å². The second-order valence-electron chi connectivity index (χ2n) is 3.96. The van der Waals surface area contributed by atoms with E-state index in [1.807, 2.05) is 6.21 Å². The molecule has 2 nitrogen and oxygen atoms in total. The quantitative estimate of drug-likeness (QED) is 0.629. The van der Waals surface area contributed by atoms with E-state index in [2.05, 4.69) is 37.1 Å². The fraction of sp³-hybridized carbons (Fsp3) is 0.583. The van der Waals surface area contributed by atoms with Crippen molar-refractivity contribution in [3.63, 3.8) is 0 Å². The summed E-state index contributed by atoms with van der Waals surface area (Å²) in [5.41, 5.74) is 1.19. The molecule has 0 aromatic rings. The number of aliphatic imine (C=N–C) groups is 1. The van der Waals surface area contributed by atoms with Crippen molar-refractivity contribution in [3.05, 3.63) is 23.8 Å². The lowest BCUT2D eigenvalue weighted by Gasteiger charge is -2.12. The molecule has 14 heavy (non-hydrogen) atoms. The largest absolute Gasteiger partial charge is 0.377 e. The number of nitrogens with zero attached hydrogens (tertiary/aromatic N) is 1. The van der Waals surface area contributed by atoms with Gasteiger partial charge in [-0.15, -0.1) is 0 Å². The van der Waals surface area contributed by atoms with Gasteiger partial charge in [0.2, 0.25) is 0 Å². The van der Waals surface area contributed by atoms with Crippen LogP contribution in [0.15, 0.2) is 28.8 Å². The predicted molar refractivity (Wildman–Crippen MR) is 60.8 cm³/mol. The Morgan fingerprint density at radius 2 is 2.43 bits per heavy atom. The molecule has 0 fully saturated rings. The third-order valence-corrected chi connectivity index (χ3v) is 2.10. The summed E-state index contributed by atoms with van der Waals surface area (Å²) in [6.07, 6.45) is 9.46. The maximum atomic E-state index is 5.21. The molecule has 0 aromatic carbocycles. The molecule has 1 aliphatic carbocycles. The van der Waals surface area contributed by atoms with Crippen LogP contribution >= 0.6 is 0 Å². The lowest BCUT2D eigenvalue weighted by atomic mass is 10.1. The topological polar surface area (TPSA) is 21.6 Å². The molecule has 0 radical (unpaired) electrons. The first kappa shape index (κ1) is 11.2. The zero-order chi connectivity index (χ0) is 10.4. The van der Waals surface area contributed by atoms with Crippen molar-refractivity contribution < 1.29 is 4.74 Å². The van der Waals surface area contributed by atoms with Gasteiger partial charge in [0.1, 0.15) is 0 Å². The van der Waals surface area contributed by atoms with Gasteiger partial charge in [0, 0.05) is 19.9 Å². The number of hydrogen-bond acceptors (Lipinski definition) is 2. The molecule has 0 heterocycles. The Bertz CT molecular complexity index is 251. The van der Waals surface area contributed by atoms with Crippen LogP contribution in [-0.2, 0) is 4.74 Å². The highest BCUT2D eigenvalue weighted by molar-refractivity contribution is 5.82. The van der Waals surface area contributed by atoms with E-state index >= 15 is 0 Å². The Hall–Kier alpha value is -0.890. The second-order valence-corrected chi connectivity index (χ2v) is 3.96. The van der Waals surface area contributed by atoms with Crippen molar-refractivity contribution >= 4 is 6.21 Å². The van der Waals surface area contributed by atoms with Crippen LogP contribution in [0.25, 0.3) is 0 Å². The average Bonchev–Trinajstić information content (AvgIpc) is 2.18. The summed E-state index contributed by atoms with van der Waals surface area (Å²) in [5.74, 6) is 0.631. The number of ether oxygens (including phenoxy) is 1. The summed E-state index contributed by atoms with van der Waals surface area (Å²) in [7, 11) is 1.74. The van der Waals surface area contributed by atoms with Gasteiger partial charge < -0.3 is 4.74 Å². The van der Waals surface area contributed by atoms with Crippen LogP contribution in [-0.4, -0.2) is 26.0 Å². The summed E-state index contributed by atoms with van der Waals surface area (Å²) < 4.78 is 5.21. The van der Waals surface area contributed by atoms with Gasteiger partial charge in [-0.05, 0) is 17.9 Å². The molecule has 1 atom stereocenters. The molecule has 1 rings (SSSR count). The van der Waals surface area contributed by atoms with Crippen LogP contribution in [0.2, 0.25) is 0 Å². The molecule has 0 amide bonds. The van der Waals surface area contributed by atoms with Gasteiger partial charge in [-0.3, -0.25) is 4.99 Å². The number of rotatable bonds is 4. The van der Waals surface area contributed by atoms with Gasteiger partial charge >= 0.3 is 0 Å².